The largest absolute Gasteiger partial charge is 0.358 e. The highest BCUT2D eigenvalue weighted by Crippen LogP contribution is 2.17. The average molecular weight is 240 g/mol. The molecule has 1 amide bonds. The fourth-order valence-corrected chi connectivity index (χ4v) is 2.30. The Hall–Kier alpha value is -1.17. The third-order valence-corrected chi connectivity index (χ3v) is 3.23. The van der Waals surface area contributed by atoms with Gasteiger partial charge in [0.25, 0.3) is 0 Å². The zero-order valence-electron chi connectivity index (χ0n) is 9.49. The van der Waals surface area contributed by atoms with Gasteiger partial charge in [0.05, 0.1) is 0 Å². The number of carbonyl (C=O) groups is 1. The molecule has 5 nitrogen and oxygen atoms in total. The topological polar surface area (TPSA) is 66.9 Å². The molecule has 88 valence electrons. The molecule has 1 aliphatic rings. The molecule has 0 radical (unpaired) electrons. The molecule has 6 heteroatoms. The van der Waals surface area contributed by atoms with Gasteiger partial charge < -0.3 is 10.6 Å². The Morgan fingerprint density at radius 1 is 1.62 bits per heavy atom. The first-order chi connectivity index (χ1) is 7.65. The van der Waals surface area contributed by atoms with E-state index < -0.39 is 0 Å². The van der Waals surface area contributed by atoms with Crippen LogP contribution in [0.1, 0.15) is 38.4 Å². The zero-order valence-corrected chi connectivity index (χ0v) is 10.3. The number of hydrogen-bond donors (Lipinski definition) is 2. The van der Waals surface area contributed by atoms with Gasteiger partial charge in [0.15, 0.2) is 0 Å². The molecule has 0 aromatic carbocycles. The molecular weight excluding hydrogens is 224 g/mol. The molecule has 2 N–H and O–H groups in total. The van der Waals surface area contributed by atoms with E-state index in [4.69, 9.17) is 0 Å². The van der Waals surface area contributed by atoms with Crippen molar-refractivity contribution in [2.45, 2.75) is 38.6 Å². The lowest BCUT2D eigenvalue weighted by molar-refractivity contribution is -0.119. The minimum atomic E-state index is 0.145. The van der Waals surface area contributed by atoms with Crippen LogP contribution in [0.2, 0.25) is 0 Å². The minimum Gasteiger partial charge on any atom is -0.358 e. The fourth-order valence-electron chi connectivity index (χ4n) is 1.58. The van der Waals surface area contributed by atoms with Gasteiger partial charge in [-0.25, -0.2) is 4.98 Å². The molecule has 1 fully saturated rings. The van der Waals surface area contributed by atoms with Crippen LogP contribution in [0.15, 0.2) is 0 Å². The monoisotopic (exact) mass is 240 g/mol. The summed E-state index contributed by atoms with van der Waals surface area (Å²) in [6.45, 7) is 4.88. The molecule has 1 aromatic heterocycles. The minimum absolute atomic E-state index is 0.145. The summed E-state index contributed by atoms with van der Waals surface area (Å²) < 4.78 is 4.26. The molecule has 1 atom stereocenters. The molecule has 1 aliphatic heterocycles. The van der Waals surface area contributed by atoms with E-state index in [1.165, 1.54) is 11.5 Å². The Bertz CT molecular complexity index is 377. The zero-order chi connectivity index (χ0) is 11.5. The molecule has 0 aliphatic carbocycles. The molecule has 2 rings (SSSR count). The van der Waals surface area contributed by atoms with Gasteiger partial charge in [-0.1, -0.05) is 13.8 Å². The number of nitrogens with zero attached hydrogens (tertiary/aromatic N) is 2. The van der Waals surface area contributed by atoms with E-state index in [0.29, 0.717) is 12.3 Å². The fraction of sp³-hybridized carbons (Fsp3) is 0.700. The van der Waals surface area contributed by atoms with Crippen molar-refractivity contribution in [2.24, 2.45) is 0 Å². The molecule has 2 heterocycles. The van der Waals surface area contributed by atoms with Crippen molar-refractivity contribution in [3.8, 4) is 0 Å². The lowest BCUT2D eigenvalue weighted by Gasteiger charge is -2.09. The number of amides is 1. The predicted molar refractivity (Wildman–Crippen MR) is 63.7 cm³/mol. The van der Waals surface area contributed by atoms with E-state index in [1.807, 2.05) is 0 Å². The Morgan fingerprint density at radius 2 is 2.44 bits per heavy atom. The van der Waals surface area contributed by atoms with E-state index in [2.05, 4.69) is 33.8 Å². The summed E-state index contributed by atoms with van der Waals surface area (Å²) in [5, 5.41) is 6.96. The summed E-state index contributed by atoms with van der Waals surface area (Å²) in [6, 6.07) is 0.235. The standard InChI is InChI=1S/C10H16N4OS/c1-6(2)9-13-10(16-14-9)11-5-7-3-4-8(15)12-7/h6-7H,3-5H2,1-2H3,(H,12,15)(H,11,13,14). The lowest BCUT2D eigenvalue weighted by Crippen LogP contribution is -2.31. The predicted octanol–water partition coefficient (Wildman–Crippen LogP) is 1.35. The smallest absolute Gasteiger partial charge is 0.220 e. The number of aromatic nitrogens is 2. The van der Waals surface area contributed by atoms with Gasteiger partial charge in [0.2, 0.25) is 11.0 Å². The van der Waals surface area contributed by atoms with E-state index >= 15 is 0 Å². The number of hydrogen-bond acceptors (Lipinski definition) is 5. The second-order valence-corrected chi connectivity index (χ2v) is 5.05. The van der Waals surface area contributed by atoms with Gasteiger partial charge in [0, 0.05) is 36.5 Å². The first-order valence-corrected chi connectivity index (χ1v) is 6.29. The molecule has 0 bridgehead atoms. The second kappa shape index (κ2) is 4.78. The maximum Gasteiger partial charge on any atom is 0.220 e. The molecular formula is C10H16N4OS. The second-order valence-electron chi connectivity index (χ2n) is 4.30. The lowest BCUT2D eigenvalue weighted by atomic mass is 10.2. The van der Waals surface area contributed by atoms with Gasteiger partial charge in [-0.2, -0.15) is 4.37 Å². The van der Waals surface area contributed by atoms with Gasteiger partial charge >= 0.3 is 0 Å². The van der Waals surface area contributed by atoms with Crippen LogP contribution in [0.5, 0.6) is 0 Å². The summed E-state index contributed by atoms with van der Waals surface area (Å²) in [4.78, 5) is 15.4. The van der Waals surface area contributed by atoms with Crippen molar-refractivity contribution in [1.82, 2.24) is 14.7 Å². The maximum absolute atomic E-state index is 11.0. The van der Waals surface area contributed by atoms with Gasteiger partial charge in [-0.3, -0.25) is 4.79 Å². The molecule has 1 unspecified atom stereocenters. The van der Waals surface area contributed by atoms with Crippen LogP contribution in [0.3, 0.4) is 0 Å². The first kappa shape index (κ1) is 11.3. The number of anilines is 1. The molecule has 1 saturated heterocycles. The highest BCUT2D eigenvalue weighted by Gasteiger charge is 2.20. The molecule has 16 heavy (non-hydrogen) atoms. The number of carbonyl (C=O) groups excluding carboxylic acids is 1. The van der Waals surface area contributed by atoms with E-state index in [-0.39, 0.29) is 11.9 Å². The quantitative estimate of drug-likeness (QED) is 0.833. The summed E-state index contributed by atoms with van der Waals surface area (Å²) in [5.74, 6) is 1.38. The maximum atomic E-state index is 11.0. The van der Waals surface area contributed by atoms with E-state index in [0.717, 1.165) is 23.9 Å². The highest BCUT2D eigenvalue weighted by molar-refractivity contribution is 7.09. The SMILES string of the molecule is CC(C)c1nsc(NCC2CCC(=O)N2)n1. The van der Waals surface area contributed by atoms with Crippen LogP contribution >= 0.6 is 11.5 Å². The van der Waals surface area contributed by atoms with E-state index in [1.54, 1.807) is 0 Å². The van der Waals surface area contributed by atoms with Crippen LogP contribution in [0, 0.1) is 0 Å². The third kappa shape index (κ3) is 2.69. The van der Waals surface area contributed by atoms with Crippen molar-refractivity contribution in [3.63, 3.8) is 0 Å². The van der Waals surface area contributed by atoms with Gasteiger partial charge in [0.1, 0.15) is 5.82 Å². The Morgan fingerprint density at radius 3 is 3.00 bits per heavy atom. The summed E-state index contributed by atoms with van der Waals surface area (Å²) in [6.07, 6.45) is 1.54. The first-order valence-electron chi connectivity index (χ1n) is 5.52. The summed E-state index contributed by atoms with van der Waals surface area (Å²) >= 11 is 1.38. The molecule has 0 saturated carbocycles. The summed E-state index contributed by atoms with van der Waals surface area (Å²) in [5.41, 5.74) is 0. The Kier molecular flexibility index (Phi) is 3.38. The van der Waals surface area contributed by atoms with Crippen LogP contribution in [-0.2, 0) is 4.79 Å². The number of nitrogens with one attached hydrogen (secondary N) is 2. The average Bonchev–Trinajstić information content (AvgIpc) is 2.83. The van der Waals surface area contributed by atoms with Crippen molar-refractivity contribution < 1.29 is 4.79 Å². The van der Waals surface area contributed by atoms with Crippen LogP contribution < -0.4 is 10.6 Å². The van der Waals surface area contributed by atoms with Crippen molar-refractivity contribution in [2.75, 3.05) is 11.9 Å². The Balaban J connectivity index is 1.83. The van der Waals surface area contributed by atoms with Crippen LogP contribution in [-0.4, -0.2) is 27.9 Å². The van der Waals surface area contributed by atoms with Crippen molar-refractivity contribution in [1.29, 1.82) is 0 Å². The number of rotatable bonds is 4. The molecule has 1 aromatic rings. The van der Waals surface area contributed by atoms with Gasteiger partial charge in [-0.15, -0.1) is 0 Å². The third-order valence-electron chi connectivity index (χ3n) is 2.54. The summed E-state index contributed by atoms with van der Waals surface area (Å²) in [7, 11) is 0. The normalized spacial score (nSPS) is 20.2. The molecule has 0 spiro atoms. The van der Waals surface area contributed by atoms with Crippen molar-refractivity contribution >= 4 is 22.6 Å². The van der Waals surface area contributed by atoms with Crippen LogP contribution in [0.25, 0.3) is 0 Å². The Labute approximate surface area is 98.8 Å². The van der Waals surface area contributed by atoms with Crippen LogP contribution in [0.4, 0.5) is 5.13 Å². The van der Waals surface area contributed by atoms with Gasteiger partial charge in [-0.05, 0) is 6.42 Å². The van der Waals surface area contributed by atoms with E-state index in [9.17, 15) is 4.79 Å². The van der Waals surface area contributed by atoms with Crippen molar-refractivity contribution in [3.05, 3.63) is 5.82 Å². The highest BCUT2D eigenvalue weighted by atomic mass is 32.1.